The average molecular weight is 300 g/mol. The lowest BCUT2D eigenvalue weighted by molar-refractivity contribution is -0.0238. The maximum Gasteiger partial charge on any atom is 0.143 e. The summed E-state index contributed by atoms with van der Waals surface area (Å²) in [5, 5.41) is 1.20. The zero-order chi connectivity index (χ0) is 15.2. The van der Waals surface area contributed by atoms with Gasteiger partial charge in [-0.25, -0.2) is 9.97 Å². The molecule has 0 atom stereocenters. The number of nitrogens with zero attached hydrogens (tertiary/aromatic N) is 3. The molecule has 0 bridgehead atoms. The number of rotatable bonds is 5. The van der Waals surface area contributed by atoms with Crippen molar-refractivity contribution >= 4 is 16.9 Å². The lowest BCUT2D eigenvalue weighted by Gasteiger charge is -2.57. The first-order valence-electron chi connectivity index (χ1n) is 8.32. The van der Waals surface area contributed by atoms with Gasteiger partial charge in [0.15, 0.2) is 0 Å². The Kier molecular flexibility index (Phi) is 3.33. The van der Waals surface area contributed by atoms with Crippen LogP contribution in [0.5, 0.6) is 0 Å². The summed E-state index contributed by atoms with van der Waals surface area (Å²) < 4.78 is 5.54. The number of aromatic nitrogens is 3. The zero-order valence-electron chi connectivity index (χ0n) is 13.4. The van der Waals surface area contributed by atoms with E-state index in [4.69, 9.17) is 4.74 Å². The minimum absolute atomic E-state index is 0.340. The van der Waals surface area contributed by atoms with E-state index in [1.54, 1.807) is 6.33 Å². The summed E-state index contributed by atoms with van der Waals surface area (Å²) in [6.45, 7) is 5.17. The Hall–Kier alpha value is -1.62. The molecule has 0 amide bonds. The number of anilines is 1. The third-order valence-corrected chi connectivity index (χ3v) is 5.63. The molecule has 1 N–H and O–H groups in total. The van der Waals surface area contributed by atoms with Crippen molar-refractivity contribution in [2.45, 2.75) is 32.6 Å². The van der Waals surface area contributed by atoms with Gasteiger partial charge in [0.1, 0.15) is 17.8 Å². The van der Waals surface area contributed by atoms with Crippen molar-refractivity contribution in [3.05, 3.63) is 18.1 Å². The molecule has 0 radical (unpaired) electrons. The summed E-state index contributed by atoms with van der Waals surface area (Å²) in [6.07, 6.45) is 8.84. The van der Waals surface area contributed by atoms with Crippen LogP contribution in [0.3, 0.4) is 0 Å². The first-order valence-corrected chi connectivity index (χ1v) is 8.32. The zero-order valence-corrected chi connectivity index (χ0v) is 13.4. The molecule has 1 saturated carbocycles. The van der Waals surface area contributed by atoms with Crippen LogP contribution in [0.2, 0.25) is 0 Å². The highest BCUT2D eigenvalue weighted by Crippen LogP contribution is 2.49. The summed E-state index contributed by atoms with van der Waals surface area (Å²) in [7, 11) is 1.83. The third kappa shape index (κ3) is 1.95. The van der Waals surface area contributed by atoms with E-state index in [1.807, 2.05) is 7.11 Å². The van der Waals surface area contributed by atoms with Crippen molar-refractivity contribution in [1.29, 1.82) is 0 Å². The van der Waals surface area contributed by atoms with Gasteiger partial charge in [0.05, 0.1) is 12.0 Å². The predicted molar refractivity (Wildman–Crippen MR) is 87.1 cm³/mol. The van der Waals surface area contributed by atoms with E-state index in [0.29, 0.717) is 5.41 Å². The molecule has 0 unspecified atom stereocenters. The van der Waals surface area contributed by atoms with Crippen molar-refractivity contribution in [2.24, 2.45) is 11.3 Å². The normalized spacial score (nSPS) is 20.9. The van der Waals surface area contributed by atoms with Gasteiger partial charge < -0.3 is 14.6 Å². The summed E-state index contributed by atoms with van der Waals surface area (Å²) in [5.41, 5.74) is 2.60. The second-order valence-corrected chi connectivity index (χ2v) is 6.87. The molecule has 5 nitrogen and oxygen atoms in total. The lowest BCUT2D eigenvalue weighted by Crippen LogP contribution is -2.63. The molecular formula is C17H24N4O. The molecule has 1 aliphatic heterocycles. The molecular weight excluding hydrogens is 276 g/mol. The van der Waals surface area contributed by atoms with Gasteiger partial charge >= 0.3 is 0 Å². The van der Waals surface area contributed by atoms with Gasteiger partial charge in [0.25, 0.3) is 0 Å². The second kappa shape index (κ2) is 5.23. The average Bonchev–Trinajstić information content (AvgIpc) is 2.85. The van der Waals surface area contributed by atoms with Gasteiger partial charge in [-0.1, -0.05) is 13.3 Å². The Morgan fingerprint density at radius 1 is 1.36 bits per heavy atom. The highest BCUT2D eigenvalue weighted by molar-refractivity contribution is 5.91. The fourth-order valence-corrected chi connectivity index (χ4v) is 4.17. The molecule has 2 fully saturated rings. The molecule has 0 spiro atoms. The fourth-order valence-electron chi connectivity index (χ4n) is 4.17. The van der Waals surface area contributed by atoms with Gasteiger partial charge in [-0.2, -0.15) is 0 Å². The predicted octanol–water partition coefficient (Wildman–Crippen LogP) is 2.77. The number of aromatic amines is 1. The van der Waals surface area contributed by atoms with Crippen LogP contribution in [0.4, 0.5) is 5.82 Å². The van der Waals surface area contributed by atoms with Crippen LogP contribution in [0.15, 0.2) is 12.5 Å². The maximum absolute atomic E-state index is 5.54. The van der Waals surface area contributed by atoms with Crippen LogP contribution in [-0.2, 0) is 11.2 Å². The number of aryl methyl sites for hydroxylation is 1. The third-order valence-electron chi connectivity index (χ3n) is 5.63. The molecule has 2 aromatic rings. The van der Waals surface area contributed by atoms with Gasteiger partial charge in [-0.3, -0.25) is 0 Å². The quantitative estimate of drug-likeness (QED) is 0.922. The smallest absolute Gasteiger partial charge is 0.143 e. The second-order valence-electron chi connectivity index (χ2n) is 6.87. The standard InChI is InChI=1S/C17H24N4O/c1-3-12-7-18-15-14(12)16(20-11-19-15)21-8-17(9-21,10-22-2)13-5-4-6-13/h7,11,13H,3-6,8-10H2,1-2H3,(H,18,19,20). The monoisotopic (exact) mass is 300 g/mol. The molecule has 4 rings (SSSR count). The molecule has 22 heavy (non-hydrogen) atoms. The Labute approximate surface area is 131 Å². The van der Waals surface area contributed by atoms with E-state index in [0.717, 1.165) is 43.5 Å². The Balaban J connectivity index is 1.63. The fraction of sp³-hybridized carbons (Fsp3) is 0.647. The highest BCUT2D eigenvalue weighted by Gasteiger charge is 2.51. The minimum atomic E-state index is 0.340. The number of H-pyrrole nitrogens is 1. The molecule has 3 heterocycles. The number of hydrogen-bond acceptors (Lipinski definition) is 4. The van der Waals surface area contributed by atoms with E-state index in [1.165, 1.54) is 30.2 Å². The van der Waals surface area contributed by atoms with E-state index in [-0.39, 0.29) is 0 Å². The Bertz CT molecular complexity index is 670. The summed E-state index contributed by atoms with van der Waals surface area (Å²) in [5.74, 6) is 1.92. The number of hydrogen-bond donors (Lipinski definition) is 1. The van der Waals surface area contributed by atoms with Crippen molar-refractivity contribution in [3.63, 3.8) is 0 Å². The molecule has 0 aromatic carbocycles. The summed E-state index contributed by atoms with van der Waals surface area (Å²) >= 11 is 0. The van der Waals surface area contributed by atoms with E-state index in [2.05, 4.69) is 33.0 Å². The van der Waals surface area contributed by atoms with Crippen molar-refractivity contribution in [1.82, 2.24) is 15.0 Å². The summed E-state index contributed by atoms with van der Waals surface area (Å²) in [4.78, 5) is 14.6. The molecule has 2 aromatic heterocycles. The van der Waals surface area contributed by atoms with Crippen molar-refractivity contribution in [2.75, 3.05) is 31.7 Å². The van der Waals surface area contributed by atoms with Gasteiger partial charge in [-0.15, -0.1) is 0 Å². The van der Waals surface area contributed by atoms with E-state index < -0.39 is 0 Å². The van der Waals surface area contributed by atoms with Crippen LogP contribution in [0.1, 0.15) is 31.7 Å². The van der Waals surface area contributed by atoms with Crippen LogP contribution in [-0.4, -0.2) is 41.8 Å². The van der Waals surface area contributed by atoms with Crippen molar-refractivity contribution < 1.29 is 4.74 Å². The van der Waals surface area contributed by atoms with Gasteiger partial charge in [-0.05, 0) is 30.7 Å². The molecule has 1 aliphatic carbocycles. The molecule has 5 heteroatoms. The number of methoxy groups -OCH3 is 1. The van der Waals surface area contributed by atoms with Crippen molar-refractivity contribution in [3.8, 4) is 0 Å². The molecule has 118 valence electrons. The minimum Gasteiger partial charge on any atom is -0.384 e. The number of ether oxygens (including phenoxy) is 1. The Morgan fingerprint density at radius 3 is 2.82 bits per heavy atom. The van der Waals surface area contributed by atoms with Crippen LogP contribution in [0.25, 0.3) is 11.0 Å². The first kappa shape index (κ1) is 14.0. The largest absolute Gasteiger partial charge is 0.384 e. The highest BCUT2D eigenvalue weighted by atomic mass is 16.5. The summed E-state index contributed by atoms with van der Waals surface area (Å²) in [6, 6.07) is 0. The number of nitrogens with one attached hydrogen (secondary N) is 1. The van der Waals surface area contributed by atoms with Crippen LogP contribution in [0, 0.1) is 11.3 Å². The van der Waals surface area contributed by atoms with Gasteiger partial charge in [0.2, 0.25) is 0 Å². The van der Waals surface area contributed by atoms with E-state index >= 15 is 0 Å². The maximum atomic E-state index is 5.54. The number of fused-ring (bicyclic) bond motifs is 1. The molecule has 2 aliphatic rings. The SMILES string of the molecule is CCc1c[nH]c2ncnc(N3CC(COC)(C4CCC4)C3)c12. The van der Waals surface area contributed by atoms with Crippen LogP contribution >= 0.6 is 0 Å². The first-order chi connectivity index (χ1) is 10.8. The topological polar surface area (TPSA) is 54.0 Å². The Morgan fingerprint density at radius 2 is 2.18 bits per heavy atom. The van der Waals surface area contributed by atoms with Crippen LogP contribution < -0.4 is 4.90 Å². The van der Waals surface area contributed by atoms with Gasteiger partial charge in [0, 0.05) is 31.8 Å². The lowest BCUT2D eigenvalue weighted by atomic mass is 9.61. The molecule has 1 saturated heterocycles. The van der Waals surface area contributed by atoms with E-state index in [9.17, 15) is 0 Å².